The van der Waals surface area contributed by atoms with E-state index in [0.717, 1.165) is 19.4 Å². The molecule has 1 aliphatic carbocycles. The lowest BCUT2D eigenvalue weighted by Crippen LogP contribution is -2.55. The molecule has 1 saturated carbocycles. The zero-order valence-corrected chi connectivity index (χ0v) is 10.4. The number of aliphatic carboxylic acids is 1. The minimum Gasteiger partial charge on any atom is -0.481 e. The van der Waals surface area contributed by atoms with Gasteiger partial charge in [-0.25, -0.2) is 0 Å². The fraction of sp³-hybridized carbons (Fsp3) is 0.923. The normalized spacial score (nSPS) is 31.8. The van der Waals surface area contributed by atoms with E-state index in [1.165, 1.54) is 25.7 Å². The van der Waals surface area contributed by atoms with E-state index >= 15 is 0 Å². The average Bonchev–Trinajstić information content (AvgIpc) is 2.69. The highest BCUT2D eigenvalue weighted by molar-refractivity contribution is 5.70. The van der Waals surface area contributed by atoms with E-state index in [1.807, 2.05) is 0 Å². The summed E-state index contributed by atoms with van der Waals surface area (Å²) in [6.45, 7) is 5.29. The van der Waals surface area contributed by atoms with Crippen molar-refractivity contribution in [2.24, 2.45) is 5.92 Å². The number of hydrogen-bond donors (Lipinski definition) is 1. The summed E-state index contributed by atoms with van der Waals surface area (Å²) in [6.07, 6.45) is 7.00. The lowest BCUT2D eigenvalue weighted by atomic mass is 9.83. The number of hydrogen-bond acceptors (Lipinski definition) is 2. The van der Waals surface area contributed by atoms with Gasteiger partial charge in [-0.3, -0.25) is 9.69 Å². The highest BCUT2D eigenvalue weighted by Crippen LogP contribution is 2.36. The van der Waals surface area contributed by atoms with Gasteiger partial charge in [-0.2, -0.15) is 0 Å². The summed E-state index contributed by atoms with van der Waals surface area (Å²) in [5.41, 5.74) is 0.195. The first kappa shape index (κ1) is 11.9. The van der Waals surface area contributed by atoms with E-state index in [-0.39, 0.29) is 11.5 Å². The predicted octanol–water partition coefficient (Wildman–Crippen LogP) is 2.50. The highest BCUT2D eigenvalue weighted by atomic mass is 16.4. The van der Waals surface area contributed by atoms with Crippen molar-refractivity contribution in [2.75, 3.05) is 6.54 Å². The molecule has 16 heavy (non-hydrogen) atoms. The molecule has 1 atom stereocenters. The summed E-state index contributed by atoms with van der Waals surface area (Å²) < 4.78 is 0. The third-order valence-corrected chi connectivity index (χ3v) is 4.41. The zero-order chi connectivity index (χ0) is 11.8. The van der Waals surface area contributed by atoms with Crippen LogP contribution in [0.3, 0.4) is 0 Å². The van der Waals surface area contributed by atoms with Crippen LogP contribution in [0, 0.1) is 5.92 Å². The summed E-state index contributed by atoms with van der Waals surface area (Å²) in [5, 5.41) is 9.14. The van der Waals surface area contributed by atoms with Crippen LogP contribution in [0.4, 0.5) is 0 Å². The van der Waals surface area contributed by atoms with Gasteiger partial charge in [-0.15, -0.1) is 0 Å². The second kappa shape index (κ2) is 4.36. The lowest BCUT2D eigenvalue weighted by Gasteiger charge is -2.48. The molecule has 0 bridgehead atoms. The molecule has 1 heterocycles. The van der Waals surface area contributed by atoms with Gasteiger partial charge in [0.2, 0.25) is 0 Å². The van der Waals surface area contributed by atoms with E-state index in [4.69, 9.17) is 5.11 Å². The largest absolute Gasteiger partial charge is 0.481 e. The van der Waals surface area contributed by atoms with Gasteiger partial charge in [0.05, 0.1) is 5.92 Å². The molecule has 0 aromatic carbocycles. The Labute approximate surface area is 97.8 Å². The van der Waals surface area contributed by atoms with Crippen LogP contribution in [0.25, 0.3) is 0 Å². The van der Waals surface area contributed by atoms with Crippen molar-refractivity contribution in [2.45, 2.75) is 64.0 Å². The summed E-state index contributed by atoms with van der Waals surface area (Å²) in [4.78, 5) is 13.6. The molecule has 0 spiro atoms. The molecule has 2 fully saturated rings. The zero-order valence-electron chi connectivity index (χ0n) is 10.4. The molecule has 2 aliphatic rings. The number of rotatable bonds is 2. The molecule has 3 nitrogen and oxygen atoms in total. The molecule has 0 aromatic rings. The first-order chi connectivity index (χ1) is 7.50. The van der Waals surface area contributed by atoms with Crippen molar-refractivity contribution in [3.8, 4) is 0 Å². The first-order valence-corrected chi connectivity index (χ1v) is 6.50. The molecule has 1 saturated heterocycles. The Balaban J connectivity index is 2.08. The quantitative estimate of drug-likeness (QED) is 0.785. The summed E-state index contributed by atoms with van der Waals surface area (Å²) >= 11 is 0. The Morgan fingerprint density at radius 2 is 1.88 bits per heavy atom. The van der Waals surface area contributed by atoms with Crippen LogP contribution in [0.5, 0.6) is 0 Å². The van der Waals surface area contributed by atoms with Crippen molar-refractivity contribution in [1.29, 1.82) is 0 Å². The molecule has 1 unspecified atom stereocenters. The lowest BCUT2D eigenvalue weighted by molar-refractivity contribution is -0.146. The van der Waals surface area contributed by atoms with Gasteiger partial charge in [0.1, 0.15) is 0 Å². The summed E-state index contributed by atoms with van der Waals surface area (Å²) in [7, 11) is 0. The SMILES string of the molecule is CC1(C)CCC(C(=O)O)CN1C1CCCC1. The number of carbonyl (C=O) groups is 1. The molecule has 2 rings (SSSR count). The van der Waals surface area contributed by atoms with E-state index < -0.39 is 5.97 Å². The maximum Gasteiger partial charge on any atom is 0.307 e. The summed E-state index contributed by atoms with van der Waals surface area (Å²) in [5.74, 6) is -0.757. The molecule has 3 heteroatoms. The Morgan fingerprint density at radius 1 is 1.25 bits per heavy atom. The third kappa shape index (κ3) is 2.24. The van der Waals surface area contributed by atoms with Crippen molar-refractivity contribution in [3.63, 3.8) is 0 Å². The Hall–Kier alpha value is -0.570. The monoisotopic (exact) mass is 225 g/mol. The molecule has 92 valence electrons. The van der Waals surface area contributed by atoms with Crippen LogP contribution in [0.15, 0.2) is 0 Å². The van der Waals surface area contributed by atoms with Crippen molar-refractivity contribution >= 4 is 5.97 Å². The molecular weight excluding hydrogens is 202 g/mol. The van der Waals surface area contributed by atoms with E-state index in [2.05, 4.69) is 18.7 Å². The number of carboxylic acids is 1. The standard InChI is InChI=1S/C13H23NO2/c1-13(2)8-7-10(12(15)16)9-14(13)11-5-3-4-6-11/h10-11H,3-9H2,1-2H3,(H,15,16). The molecule has 0 aromatic heterocycles. The molecule has 1 N–H and O–H groups in total. The van der Waals surface area contributed by atoms with E-state index in [1.54, 1.807) is 0 Å². The Morgan fingerprint density at radius 3 is 2.44 bits per heavy atom. The van der Waals surface area contributed by atoms with Gasteiger partial charge in [-0.05, 0) is 39.5 Å². The van der Waals surface area contributed by atoms with E-state index in [9.17, 15) is 4.79 Å². The van der Waals surface area contributed by atoms with Gasteiger partial charge < -0.3 is 5.11 Å². The van der Waals surface area contributed by atoms with Crippen molar-refractivity contribution in [3.05, 3.63) is 0 Å². The minimum atomic E-state index is -0.613. The van der Waals surface area contributed by atoms with Gasteiger partial charge >= 0.3 is 5.97 Å². The number of nitrogens with zero attached hydrogens (tertiary/aromatic N) is 1. The number of piperidine rings is 1. The van der Waals surface area contributed by atoms with Crippen LogP contribution in [0.1, 0.15) is 52.4 Å². The van der Waals surface area contributed by atoms with Gasteiger partial charge in [0, 0.05) is 18.1 Å². The van der Waals surface area contributed by atoms with Crippen LogP contribution in [0.2, 0.25) is 0 Å². The second-order valence-electron chi connectivity index (χ2n) is 5.98. The van der Waals surface area contributed by atoms with Crippen LogP contribution in [-0.2, 0) is 4.79 Å². The fourth-order valence-corrected chi connectivity index (χ4v) is 3.31. The van der Waals surface area contributed by atoms with Crippen molar-refractivity contribution in [1.82, 2.24) is 4.90 Å². The molecule has 0 amide bonds. The first-order valence-electron chi connectivity index (χ1n) is 6.50. The van der Waals surface area contributed by atoms with Gasteiger partial charge in [0.15, 0.2) is 0 Å². The average molecular weight is 225 g/mol. The predicted molar refractivity (Wildman–Crippen MR) is 63.4 cm³/mol. The highest BCUT2D eigenvalue weighted by Gasteiger charge is 2.40. The minimum absolute atomic E-state index is 0.145. The van der Waals surface area contributed by atoms with Crippen molar-refractivity contribution < 1.29 is 9.90 Å². The molecule has 1 aliphatic heterocycles. The fourth-order valence-electron chi connectivity index (χ4n) is 3.31. The molecular formula is C13H23NO2. The second-order valence-corrected chi connectivity index (χ2v) is 5.98. The maximum absolute atomic E-state index is 11.1. The van der Waals surface area contributed by atoms with E-state index in [0.29, 0.717) is 6.04 Å². The van der Waals surface area contributed by atoms with Crippen LogP contribution >= 0.6 is 0 Å². The number of likely N-dealkylation sites (tertiary alicyclic amines) is 1. The van der Waals surface area contributed by atoms with Crippen LogP contribution in [-0.4, -0.2) is 34.1 Å². The number of carboxylic acid groups (broad SMARTS) is 1. The Kier molecular flexibility index (Phi) is 3.24. The van der Waals surface area contributed by atoms with Crippen LogP contribution < -0.4 is 0 Å². The molecule has 0 radical (unpaired) electrons. The van der Waals surface area contributed by atoms with Gasteiger partial charge in [-0.1, -0.05) is 12.8 Å². The smallest absolute Gasteiger partial charge is 0.307 e. The summed E-state index contributed by atoms with van der Waals surface area (Å²) in [6, 6.07) is 0.636. The Bertz CT molecular complexity index is 269. The third-order valence-electron chi connectivity index (χ3n) is 4.41. The van der Waals surface area contributed by atoms with Gasteiger partial charge in [0.25, 0.3) is 0 Å². The maximum atomic E-state index is 11.1. The topological polar surface area (TPSA) is 40.5 Å².